The van der Waals surface area contributed by atoms with Crippen molar-refractivity contribution in [2.75, 3.05) is 18.4 Å². The molecule has 1 unspecified atom stereocenters. The lowest BCUT2D eigenvalue weighted by Gasteiger charge is -2.41. The summed E-state index contributed by atoms with van der Waals surface area (Å²) in [5, 5.41) is 7.27. The smallest absolute Gasteiger partial charge is 0.367 e. The fourth-order valence-electron chi connectivity index (χ4n) is 4.23. The molecule has 4 heterocycles. The Morgan fingerprint density at radius 3 is 2.75 bits per heavy atom. The summed E-state index contributed by atoms with van der Waals surface area (Å²) in [4.78, 5) is 18.4. The maximum Gasteiger partial charge on any atom is 0.410 e. The number of carbonyl (C=O) groups is 1. The van der Waals surface area contributed by atoms with Crippen molar-refractivity contribution in [2.45, 2.75) is 44.4 Å². The zero-order valence-corrected chi connectivity index (χ0v) is 15.5. The van der Waals surface area contributed by atoms with Gasteiger partial charge in [0.25, 0.3) is 5.91 Å². The summed E-state index contributed by atoms with van der Waals surface area (Å²) in [6, 6.07) is 2.96. The summed E-state index contributed by atoms with van der Waals surface area (Å²) in [5.74, 6) is 0.248. The molecule has 1 amide bonds. The van der Waals surface area contributed by atoms with Gasteiger partial charge < -0.3 is 10.2 Å². The van der Waals surface area contributed by atoms with E-state index in [1.807, 2.05) is 0 Å². The first-order valence-corrected chi connectivity index (χ1v) is 9.41. The molecule has 1 saturated heterocycles. The second-order valence-electron chi connectivity index (χ2n) is 7.55. The highest BCUT2D eigenvalue weighted by atomic mass is 19.4. The molecule has 1 N–H and O–H groups in total. The predicted molar refractivity (Wildman–Crippen MR) is 96.9 cm³/mol. The van der Waals surface area contributed by atoms with Gasteiger partial charge in [-0.1, -0.05) is 0 Å². The highest BCUT2D eigenvalue weighted by molar-refractivity contribution is 5.94. The van der Waals surface area contributed by atoms with Crippen LogP contribution < -0.4 is 5.32 Å². The molecule has 1 fully saturated rings. The number of anilines is 1. The lowest BCUT2D eigenvalue weighted by Crippen LogP contribution is -2.49. The number of carbonyl (C=O) groups excluding carboxylic acids is 1. The van der Waals surface area contributed by atoms with Gasteiger partial charge in [0, 0.05) is 43.2 Å². The van der Waals surface area contributed by atoms with Crippen LogP contribution in [0.15, 0.2) is 30.6 Å². The van der Waals surface area contributed by atoms with Crippen LogP contribution in [0.2, 0.25) is 0 Å². The van der Waals surface area contributed by atoms with E-state index in [1.54, 1.807) is 42.4 Å². The van der Waals surface area contributed by atoms with Crippen LogP contribution in [0.3, 0.4) is 0 Å². The van der Waals surface area contributed by atoms with Gasteiger partial charge in [-0.25, -0.2) is 4.68 Å². The highest BCUT2D eigenvalue weighted by Gasteiger charge is 2.47. The Morgan fingerprint density at radius 1 is 1.29 bits per heavy atom. The van der Waals surface area contributed by atoms with Crippen LogP contribution in [-0.2, 0) is 0 Å². The molecule has 9 heteroatoms. The molecule has 4 rings (SSSR count). The van der Waals surface area contributed by atoms with E-state index in [0.717, 1.165) is 17.5 Å². The molecule has 2 aromatic rings. The maximum absolute atomic E-state index is 13.6. The van der Waals surface area contributed by atoms with Gasteiger partial charge in [0.1, 0.15) is 5.82 Å². The number of halogens is 3. The summed E-state index contributed by atoms with van der Waals surface area (Å²) >= 11 is 0. The van der Waals surface area contributed by atoms with Crippen molar-refractivity contribution in [1.82, 2.24) is 19.7 Å². The minimum absolute atomic E-state index is 0.0478. The summed E-state index contributed by atoms with van der Waals surface area (Å²) in [7, 11) is 0. The molecule has 0 saturated carbocycles. The normalized spacial score (nSPS) is 25.1. The molecule has 2 aliphatic rings. The van der Waals surface area contributed by atoms with E-state index in [0.29, 0.717) is 30.2 Å². The average Bonchev–Trinajstić information content (AvgIpc) is 3.06. The predicted octanol–water partition coefficient (Wildman–Crippen LogP) is 3.43. The zero-order chi connectivity index (χ0) is 19.9. The molecule has 0 aromatic carbocycles. The average molecular weight is 393 g/mol. The lowest BCUT2D eigenvalue weighted by molar-refractivity contribution is -0.174. The van der Waals surface area contributed by atoms with Crippen LogP contribution in [0, 0.1) is 12.8 Å². The zero-order valence-electron chi connectivity index (χ0n) is 15.5. The standard InChI is InChI=1S/C19H22F3N5O/c1-12-9-17-24-15(10-16(19(20,21)22)27(17)25-12)14-3-2-8-26(11-14)18(28)13-4-6-23-7-5-13/h4-7,9,14-16,24H,2-3,8,10-11H2,1H3/t14?,15-,16+/m0/s1. The number of fused-ring (bicyclic) bond motifs is 1. The summed E-state index contributed by atoms with van der Waals surface area (Å²) in [6.45, 7) is 2.74. The number of alkyl halides is 3. The van der Waals surface area contributed by atoms with Crippen LogP contribution in [0.1, 0.15) is 41.4 Å². The van der Waals surface area contributed by atoms with E-state index in [-0.39, 0.29) is 24.3 Å². The number of nitrogens with zero attached hydrogens (tertiary/aromatic N) is 4. The van der Waals surface area contributed by atoms with Gasteiger partial charge in [-0.2, -0.15) is 18.3 Å². The molecule has 0 radical (unpaired) electrons. The van der Waals surface area contributed by atoms with Crippen molar-refractivity contribution in [3.05, 3.63) is 41.9 Å². The van der Waals surface area contributed by atoms with Crippen molar-refractivity contribution in [1.29, 1.82) is 0 Å². The van der Waals surface area contributed by atoms with Gasteiger partial charge in [0.15, 0.2) is 6.04 Å². The molecular weight excluding hydrogens is 371 g/mol. The Hall–Kier alpha value is -2.58. The van der Waals surface area contributed by atoms with Crippen molar-refractivity contribution in [3.63, 3.8) is 0 Å². The number of aromatic nitrogens is 3. The van der Waals surface area contributed by atoms with Gasteiger partial charge in [-0.3, -0.25) is 9.78 Å². The van der Waals surface area contributed by atoms with E-state index in [9.17, 15) is 18.0 Å². The minimum atomic E-state index is -4.37. The molecule has 2 aromatic heterocycles. The van der Waals surface area contributed by atoms with Crippen LogP contribution in [0.5, 0.6) is 0 Å². The third-order valence-electron chi connectivity index (χ3n) is 5.58. The molecule has 0 aliphatic carbocycles. The van der Waals surface area contributed by atoms with Gasteiger partial charge >= 0.3 is 6.18 Å². The number of nitrogens with one attached hydrogen (secondary N) is 1. The lowest BCUT2D eigenvalue weighted by atomic mass is 9.85. The van der Waals surface area contributed by atoms with Crippen LogP contribution in [-0.4, -0.2) is 50.9 Å². The Labute approximate surface area is 160 Å². The van der Waals surface area contributed by atoms with Crippen LogP contribution in [0.25, 0.3) is 0 Å². The third kappa shape index (κ3) is 3.57. The quantitative estimate of drug-likeness (QED) is 0.849. The van der Waals surface area contributed by atoms with Crippen LogP contribution in [0.4, 0.5) is 19.0 Å². The molecule has 3 atom stereocenters. The Balaban J connectivity index is 1.53. The number of hydrogen-bond donors (Lipinski definition) is 1. The van der Waals surface area contributed by atoms with Crippen molar-refractivity contribution >= 4 is 11.7 Å². The summed E-state index contributed by atoms with van der Waals surface area (Å²) in [6.07, 6.45) is 0.238. The molecule has 6 nitrogen and oxygen atoms in total. The summed E-state index contributed by atoms with van der Waals surface area (Å²) in [5.41, 5.74) is 1.10. The first kappa shape index (κ1) is 18.8. The number of hydrogen-bond acceptors (Lipinski definition) is 4. The highest BCUT2D eigenvalue weighted by Crippen LogP contribution is 2.42. The summed E-state index contributed by atoms with van der Waals surface area (Å²) < 4.78 is 42.0. The number of aryl methyl sites for hydroxylation is 1. The van der Waals surface area contributed by atoms with Crippen LogP contribution >= 0.6 is 0 Å². The number of piperidine rings is 1. The second kappa shape index (κ2) is 7.10. The van der Waals surface area contributed by atoms with Gasteiger partial charge in [0.2, 0.25) is 0 Å². The number of likely N-dealkylation sites (tertiary alicyclic amines) is 1. The third-order valence-corrected chi connectivity index (χ3v) is 5.58. The van der Waals surface area contributed by atoms with E-state index in [4.69, 9.17) is 0 Å². The molecule has 28 heavy (non-hydrogen) atoms. The number of rotatable bonds is 2. The molecule has 0 bridgehead atoms. The minimum Gasteiger partial charge on any atom is -0.367 e. The van der Waals surface area contributed by atoms with Crippen molar-refractivity contribution in [2.24, 2.45) is 5.92 Å². The fourth-order valence-corrected chi connectivity index (χ4v) is 4.23. The van der Waals surface area contributed by atoms with E-state index in [2.05, 4.69) is 15.4 Å². The second-order valence-corrected chi connectivity index (χ2v) is 7.55. The number of pyridine rings is 1. The fraction of sp³-hybridized carbons (Fsp3) is 0.526. The monoisotopic (exact) mass is 393 g/mol. The van der Waals surface area contributed by atoms with Crippen molar-refractivity contribution < 1.29 is 18.0 Å². The molecular formula is C19H22F3N5O. The van der Waals surface area contributed by atoms with Gasteiger partial charge in [-0.15, -0.1) is 0 Å². The Bertz CT molecular complexity index is 851. The number of amides is 1. The Morgan fingerprint density at radius 2 is 2.04 bits per heavy atom. The van der Waals surface area contributed by atoms with E-state index < -0.39 is 12.2 Å². The Kier molecular flexibility index (Phi) is 4.76. The maximum atomic E-state index is 13.6. The topological polar surface area (TPSA) is 63.1 Å². The van der Waals surface area contributed by atoms with Gasteiger partial charge in [0.05, 0.1) is 5.69 Å². The van der Waals surface area contributed by atoms with Crippen molar-refractivity contribution in [3.8, 4) is 0 Å². The first-order valence-electron chi connectivity index (χ1n) is 9.41. The molecule has 0 spiro atoms. The van der Waals surface area contributed by atoms with E-state index in [1.165, 1.54) is 0 Å². The van der Waals surface area contributed by atoms with Gasteiger partial charge in [-0.05, 0) is 44.2 Å². The van der Waals surface area contributed by atoms with E-state index >= 15 is 0 Å². The molecule has 2 aliphatic heterocycles. The molecule has 150 valence electrons. The largest absolute Gasteiger partial charge is 0.410 e. The SMILES string of the molecule is Cc1cc2n(n1)[C@@H](C(F)(F)F)C[C@@H](C1CCCN(C(=O)c3ccncc3)C1)N2. The first-order chi connectivity index (χ1) is 13.3.